The van der Waals surface area contributed by atoms with Gasteiger partial charge in [-0.15, -0.1) is 11.3 Å². The molecule has 5 rings (SSSR count). The van der Waals surface area contributed by atoms with Crippen molar-refractivity contribution in [2.75, 3.05) is 13.1 Å². The van der Waals surface area contributed by atoms with Crippen molar-refractivity contribution in [1.82, 2.24) is 19.8 Å². The quantitative estimate of drug-likeness (QED) is 0.797. The van der Waals surface area contributed by atoms with Crippen LogP contribution in [0.1, 0.15) is 27.6 Å². The lowest BCUT2D eigenvalue weighted by atomic mass is 9.87. The number of aromatic nitrogens is 2. The Morgan fingerprint density at radius 2 is 2.00 bits per heavy atom. The Hall–Kier alpha value is -0.820. The lowest BCUT2D eigenvalue weighted by Gasteiger charge is -2.56. The normalized spacial score (nSPS) is 24.7. The molecule has 0 saturated carbocycles. The van der Waals surface area contributed by atoms with Crippen molar-refractivity contribution in [3.63, 3.8) is 0 Å². The molecular formula is C17H21BrN4S. The molecule has 3 fully saturated rings. The predicted molar refractivity (Wildman–Crippen MR) is 96.5 cm³/mol. The van der Waals surface area contributed by atoms with Crippen molar-refractivity contribution >= 4 is 27.3 Å². The molecule has 0 amide bonds. The second-order valence-corrected chi connectivity index (χ2v) is 8.87. The van der Waals surface area contributed by atoms with E-state index in [4.69, 9.17) is 0 Å². The number of pyridine rings is 1. The van der Waals surface area contributed by atoms with Crippen LogP contribution in [0.3, 0.4) is 0 Å². The van der Waals surface area contributed by atoms with Crippen molar-refractivity contribution in [2.45, 2.75) is 45.4 Å². The van der Waals surface area contributed by atoms with Crippen LogP contribution >= 0.6 is 27.3 Å². The Morgan fingerprint density at radius 1 is 1.22 bits per heavy atom. The number of aryl methyl sites for hydroxylation is 2. The smallest absolute Gasteiger partial charge is 0.0900 e. The Kier molecular flexibility index (Phi) is 4.26. The van der Waals surface area contributed by atoms with Crippen LogP contribution in [0, 0.1) is 13.8 Å². The minimum absolute atomic E-state index is 0.704. The van der Waals surface area contributed by atoms with Gasteiger partial charge in [-0.25, -0.2) is 4.98 Å². The largest absolute Gasteiger partial charge is 0.296 e. The van der Waals surface area contributed by atoms with E-state index >= 15 is 0 Å². The Balaban J connectivity index is 1.37. The van der Waals surface area contributed by atoms with Gasteiger partial charge < -0.3 is 0 Å². The number of hydrogen-bond donors (Lipinski definition) is 0. The third kappa shape index (κ3) is 3.22. The molecule has 0 radical (unpaired) electrons. The molecule has 122 valence electrons. The molecule has 0 aromatic carbocycles. The molecule has 0 spiro atoms. The highest BCUT2D eigenvalue weighted by Gasteiger charge is 2.44. The van der Waals surface area contributed by atoms with Crippen molar-refractivity contribution in [1.29, 1.82) is 0 Å². The fraction of sp³-hybridized carbons (Fsp3) is 0.529. The maximum Gasteiger partial charge on any atom is 0.0900 e. The fourth-order valence-corrected chi connectivity index (χ4v) is 5.21. The van der Waals surface area contributed by atoms with Crippen LogP contribution < -0.4 is 0 Å². The van der Waals surface area contributed by atoms with E-state index in [9.17, 15) is 0 Å². The zero-order valence-corrected chi connectivity index (χ0v) is 15.9. The van der Waals surface area contributed by atoms with E-state index < -0.39 is 0 Å². The lowest BCUT2D eigenvalue weighted by molar-refractivity contribution is -0.0770. The van der Waals surface area contributed by atoms with E-state index in [1.807, 2.05) is 23.7 Å². The van der Waals surface area contributed by atoms with Crippen molar-refractivity contribution in [3.05, 3.63) is 44.1 Å². The summed E-state index contributed by atoms with van der Waals surface area (Å²) in [5.41, 5.74) is 2.51. The third-order valence-electron chi connectivity index (χ3n) is 4.91. The fourth-order valence-electron chi connectivity index (χ4n) is 3.85. The average Bonchev–Trinajstić information content (AvgIpc) is 2.82. The molecule has 2 unspecified atom stereocenters. The Morgan fingerprint density at radius 3 is 2.65 bits per heavy atom. The standard InChI is InChI=1S/C17H21BrN4S/c1-11-17(23-12(2)20-11)10-22-15-4-16(22)9-21(8-15)7-13-3-14(18)6-19-5-13/h3,5-6,15-16H,4,7-10H2,1-2H3. The highest BCUT2D eigenvalue weighted by atomic mass is 79.9. The summed E-state index contributed by atoms with van der Waals surface area (Å²) in [5.74, 6) is 0. The van der Waals surface area contributed by atoms with Crippen molar-refractivity contribution in [3.8, 4) is 0 Å². The third-order valence-corrected chi connectivity index (χ3v) is 6.40. The van der Waals surface area contributed by atoms with Gasteiger partial charge in [0.05, 0.1) is 10.7 Å². The van der Waals surface area contributed by atoms with Gasteiger partial charge in [0.1, 0.15) is 0 Å². The first-order valence-electron chi connectivity index (χ1n) is 8.09. The molecule has 4 nitrogen and oxygen atoms in total. The molecular weight excluding hydrogens is 372 g/mol. The summed E-state index contributed by atoms with van der Waals surface area (Å²) >= 11 is 5.36. The van der Waals surface area contributed by atoms with Gasteiger partial charge in [-0.3, -0.25) is 14.8 Å². The van der Waals surface area contributed by atoms with Crippen molar-refractivity contribution in [2.24, 2.45) is 0 Å². The van der Waals surface area contributed by atoms with E-state index in [1.54, 1.807) is 0 Å². The molecule has 5 heterocycles. The Bertz CT molecular complexity index is 704. The van der Waals surface area contributed by atoms with Gasteiger partial charge >= 0.3 is 0 Å². The monoisotopic (exact) mass is 392 g/mol. The summed E-state index contributed by atoms with van der Waals surface area (Å²) in [6.45, 7) is 8.66. The molecule has 23 heavy (non-hydrogen) atoms. The number of nitrogens with zero attached hydrogens (tertiary/aromatic N) is 4. The highest BCUT2D eigenvalue weighted by Crippen LogP contribution is 2.35. The minimum Gasteiger partial charge on any atom is -0.296 e. The van der Waals surface area contributed by atoms with Crippen LogP contribution in [-0.2, 0) is 13.1 Å². The number of rotatable bonds is 4. The molecule has 6 heteroatoms. The van der Waals surface area contributed by atoms with Gasteiger partial charge in [-0.1, -0.05) is 0 Å². The summed E-state index contributed by atoms with van der Waals surface area (Å²) in [6.07, 6.45) is 5.18. The predicted octanol–water partition coefficient (Wildman–Crippen LogP) is 3.38. The summed E-state index contributed by atoms with van der Waals surface area (Å²) in [5, 5.41) is 1.19. The van der Waals surface area contributed by atoms with E-state index in [0.717, 1.165) is 17.6 Å². The number of fused-ring (bicyclic) bond motifs is 2. The second kappa shape index (κ2) is 6.24. The van der Waals surface area contributed by atoms with Crippen LogP contribution in [0.2, 0.25) is 0 Å². The molecule has 3 aliphatic rings. The van der Waals surface area contributed by atoms with Crippen molar-refractivity contribution < 1.29 is 0 Å². The van der Waals surface area contributed by atoms with Gasteiger partial charge in [0.25, 0.3) is 0 Å². The first-order valence-corrected chi connectivity index (χ1v) is 9.70. The van der Waals surface area contributed by atoms with Gasteiger partial charge in [-0.05, 0) is 47.8 Å². The summed E-state index contributed by atoms with van der Waals surface area (Å²) in [4.78, 5) is 15.5. The molecule has 0 N–H and O–H groups in total. The maximum atomic E-state index is 4.57. The van der Waals surface area contributed by atoms with E-state index in [1.165, 1.54) is 40.7 Å². The number of hydrogen-bond acceptors (Lipinski definition) is 5. The summed E-state index contributed by atoms with van der Waals surface area (Å²) in [6, 6.07) is 3.58. The molecule has 2 bridgehead atoms. The number of piperazine rings is 1. The lowest BCUT2D eigenvalue weighted by Crippen LogP contribution is -2.67. The van der Waals surface area contributed by atoms with Gasteiger partial charge in [0.2, 0.25) is 0 Å². The minimum atomic E-state index is 0.704. The molecule has 2 atom stereocenters. The van der Waals surface area contributed by atoms with Gasteiger partial charge in [-0.2, -0.15) is 0 Å². The summed E-state index contributed by atoms with van der Waals surface area (Å²) < 4.78 is 1.06. The first-order chi connectivity index (χ1) is 11.1. The maximum absolute atomic E-state index is 4.57. The van der Waals surface area contributed by atoms with Crippen LogP contribution in [-0.4, -0.2) is 44.9 Å². The average molecular weight is 393 g/mol. The molecule has 3 saturated heterocycles. The molecule has 2 aromatic rings. The number of piperidine rings is 1. The SMILES string of the molecule is Cc1nc(C)c(CN2C3CC2CN(Cc2cncc(Br)c2)C3)s1. The second-order valence-electron chi connectivity index (χ2n) is 6.66. The van der Waals surface area contributed by atoms with E-state index in [-0.39, 0.29) is 0 Å². The van der Waals surface area contributed by atoms with Crippen LogP contribution in [0.25, 0.3) is 0 Å². The first kappa shape index (κ1) is 15.7. The van der Waals surface area contributed by atoms with Gasteiger partial charge in [0, 0.05) is 60.0 Å². The zero-order valence-electron chi connectivity index (χ0n) is 13.5. The molecule has 3 aliphatic heterocycles. The molecule has 2 aromatic heterocycles. The van der Waals surface area contributed by atoms with Crippen LogP contribution in [0.5, 0.6) is 0 Å². The highest BCUT2D eigenvalue weighted by molar-refractivity contribution is 9.10. The number of thiazole rings is 1. The van der Waals surface area contributed by atoms with Crippen LogP contribution in [0.15, 0.2) is 22.9 Å². The number of halogens is 1. The summed E-state index contributed by atoms with van der Waals surface area (Å²) in [7, 11) is 0. The van der Waals surface area contributed by atoms with E-state index in [2.05, 4.69) is 55.6 Å². The molecule has 0 aliphatic carbocycles. The van der Waals surface area contributed by atoms with Crippen LogP contribution in [0.4, 0.5) is 0 Å². The van der Waals surface area contributed by atoms with E-state index in [0.29, 0.717) is 12.1 Å². The Labute approximate surface area is 149 Å². The van der Waals surface area contributed by atoms with Gasteiger partial charge in [0.15, 0.2) is 0 Å². The topological polar surface area (TPSA) is 32.3 Å². The zero-order chi connectivity index (χ0) is 16.0.